The number of nitrogens with zero attached hydrogens (tertiary/aromatic N) is 1. The summed E-state index contributed by atoms with van der Waals surface area (Å²) >= 11 is 0. The van der Waals surface area contributed by atoms with Crippen LogP contribution < -0.4 is 4.74 Å². The molecular formula is C13H13F2NO2. The van der Waals surface area contributed by atoms with Gasteiger partial charge in [0.25, 0.3) is 6.43 Å². The van der Waals surface area contributed by atoms with Gasteiger partial charge < -0.3 is 9.26 Å². The van der Waals surface area contributed by atoms with Crippen LogP contribution in [0.3, 0.4) is 0 Å². The van der Waals surface area contributed by atoms with Crippen LogP contribution in [0.2, 0.25) is 0 Å². The van der Waals surface area contributed by atoms with E-state index < -0.39 is 6.43 Å². The van der Waals surface area contributed by atoms with Crippen LogP contribution in [0.4, 0.5) is 8.78 Å². The molecule has 0 saturated carbocycles. The number of alkyl halides is 2. The summed E-state index contributed by atoms with van der Waals surface area (Å²) in [5, 5.41) is 3.33. The van der Waals surface area contributed by atoms with Crippen molar-refractivity contribution in [1.29, 1.82) is 0 Å². The van der Waals surface area contributed by atoms with Crippen LogP contribution in [0.15, 0.2) is 34.9 Å². The number of rotatable bonds is 5. The highest BCUT2D eigenvalue weighted by molar-refractivity contribution is 5.65. The second-order valence-corrected chi connectivity index (χ2v) is 3.76. The lowest BCUT2D eigenvalue weighted by Crippen LogP contribution is -1.96. The minimum Gasteiger partial charge on any atom is -0.493 e. The van der Waals surface area contributed by atoms with Gasteiger partial charge in [-0.25, -0.2) is 8.78 Å². The number of ether oxygens (including phenoxy) is 1. The maximum Gasteiger partial charge on any atom is 0.283 e. The van der Waals surface area contributed by atoms with E-state index >= 15 is 0 Å². The molecule has 0 N–H and O–H groups in total. The van der Waals surface area contributed by atoms with Crippen LogP contribution in [0.5, 0.6) is 5.75 Å². The van der Waals surface area contributed by atoms with Crippen LogP contribution in [0, 0.1) is 0 Å². The van der Waals surface area contributed by atoms with Gasteiger partial charge in [-0.3, -0.25) is 0 Å². The average Bonchev–Trinajstić information content (AvgIpc) is 2.86. The Morgan fingerprint density at radius 2 is 2.11 bits per heavy atom. The van der Waals surface area contributed by atoms with E-state index in [-0.39, 0.29) is 11.5 Å². The Balaban J connectivity index is 2.30. The lowest BCUT2D eigenvalue weighted by Gasteiger charge is -2.07. The van der Waals surface area contributed by atoms with Crippen molar-refractivity contribution in [3.05, 3.63) is 36.0 Å². The molecule has 18 heavy (non-hydrogen) atoms. The molecule has 1 aromatic heterocycles. The number of halogens is 2. The molecule has 0 aliphatic carbocycles. The largest absolute Gasteiger partial charge is 0.493 e. The molecule has 2 aromatic rings. The van der Waals surface area contributed by atoms with E-state index in [1.54, 1.807) is 18.2 Å². The molecule has 0 aliphatic rings. The topological polar surface area (TPSA) is 35.3 Å². The Morgan fingerprint density at radius 3 is 2.78 bits per heavy atom. The van der Waals surface area contributed by atoms with Crippen molar-refractivity contribution >= 4 is 0 Å². The second kappa shape index (κ2) is 5.62. The van der Waals surface area contributed by atoms with Gasteiger partial charge in [0, 0.05) is 6.07 Å². The van der Waals surface area contributed by atoms with Gasteiger partial charge in [0.2, 0.25) is 0 Å². The standard InChI is InChI=1S/C13H13F2NO2/c1-2-7-17-11-6-4-3-5-9(11)12-8-10(13(14)15)16-18-12/h3-6,8,13H,2,7H2,1H3. The number of hydrogen-bond acceptors (Lipinski definition) is 3. The van der Waals surface area contributed by atoms with E-state index in [4.69, 9.17) is 9.26 Å². The first-order valence-electron chi connectivity index (χ1n) is 5.69. The van der Waals surface area contributed by atoms with Crippen molar-refractivity contribution < 1.29 is 18.0 Å². The predicted molar refractivity (Wildman–Crippen MR) is 62.7 cm³/mol. The van der Waals surface area contributed by atoms with Gasteiger partial charge in [0.05, 0.1) is 12.2 Å². The third-order valence-corrected chi connectivity index (χ3v) is 2.37. The van der Waals surface area contributed by atoms with Gasteiger partial charge in [-0.05, 0) is 18.6 Å². The van der Waals surface area contributed by atoms with Crippen LogP contribution in [0.1, 0.15) is 25.5 Å². The van der Waals surface area contributed by atoms with Crippen molar-refractivity contribution in [3.63, 3.8) is 0 Å². The monoisotopic (exact) mass is 253 g/mol. The Kier molecular flexibility index (Phi) is 3.92. The van der Waals surface area contributed by atoms with Crippen LogP contribution in [0.25, 0.3) is 11.3 Å². The quantitative estimate of drug-likeness (QED) is 0.805. The first-order chi connectivity index (χ1) is 8.72. The highest BCUT2D eigenvalue weighted by atomic mass is 19.3. The van der Waals surface area contributed by atoms with Crippen LogP contribution >= 0.6 is 0 Å². The highest BCUT2D eigenvalue weighted by Gasteiger charge is 2.16. The third kappa shape index (κ3) is 2.67. The summed E-state index contributed by atoms with van der Waals surface area (Å²) in [5.74, 6) is 0.897. The van der Waals surface area contributed by atoms with E-state index in [0.29, 0.717) is 17.9 Å². The molecule has 5 heteroatoms. The van der Waals surface area contributed by atoms with Gasteiger partial charge in [-0.1, -0.05) is 24.2 Å². The number of hydrogen-bond donors (Lipinski definition) is 0. The summed E-state index contributed by atoms with van der Waals surface area (Å²) in [7, 11) is 0. The summed E-state index contributed by atoms with van der Waals surface area (Å²) in [6.07, 6.45) is -1.77. The Morgan fingerprint density at radius 1 is 1.33 bits per heavy atom. The maximum absolute atomic E-state index is 12.4. The van der Waals surface area contributed by atoms with Crippen molar-refractivity contribution in [2.75, 3.05) is 6.61 Å². The molecule has 1 aromatic carbocycles. The predicted octanol–water partition coefficient (Wildman–Crippen LogP) is 4.07. The fraction of sp³-hybridized carbons (Fsp3) is 0.308. The van der Waals surface area contributed by atoms with Crippen molar-refractivity contribution in [2.24, 2.45) is 0 Å². The molecule has 0 radical (unpaired) electrons. The van der Waals surface area contributed by atoms with E-state index in [0.717, 1.165) is 6.42 Å². The van der Waals surface area contributed by atoms with Gasteiger partial charge in [0.1, 0.15) is 11.4 Å². The third-order valence-electron chi connectivity index (χ3n) is 2.37. The molecular weight excluding hydrogens is 240 g/mol. The molecule has 96 valence electrons. The Bertz CT molecular complexity index is 511. The molecule has 0 amide bonds. The molecule has 0 bridgehead atoms. The van der Waals surface area contributed by atoms with E-state index in [9.17, 15) is 8.78 Å². The summed E-state index contributed by atoms with van der Waals surface area (Å²) in [5.41, 5.74) is 0.264. The lowest BCUT2D eigenvalue weighted by molar-refractivity contribution is 0.140. The highest BCUT2D eigenvalue weighted by Crippen LogP contribution is 2.32. The van der Waals surface area contributed by atoms with E-state index in [1.165, 1.54) is 6.07 Å². The average molecular weight is 253 g/mol. The zero-order valence-corrected chi connectivity index (χ0v) is 9.90. The first-order valence-corrected chi connectivity index (χ1v) is 5.69. The molecule has 0 unspecified atom stereocenters. The van der Waals surface area contributed by atoms with E-state index in [1.807, 2.05) is 13.0 Å². The lowest BCUT2D eigenvalue weighted by atomic mass is 10.1. The molecule has 1 heterocycles. The number of benzene rings is 1. The van der Waals surface area contributed by atoms with Gasteiger partial charge in [0.15, 0.2) is 5.76 Å². The molecule has 2 rings (SSSR count). The minimum atomic E-state index is -2.63. The fourth-order valence-electron chi connectivity index (χ4n) is 1.53. The van der Waals surface area contributed by atoms with Crippen molar-refractivity contribution in [2.45, 2.75) is 19.8 Å². The second-order valence-electron chi connectivity index (χ2n) is 3.76. The molecule has 0 atom stereocenters. The number of para-hydroxylation sites is 1. The Labute approximate surface area is 103 Å². The van der Waals surface area contributed by atoms with Crippen molar-refractivity contribution in [1.82, 2.24) is 5.16 Å². The normalized spacial score (nSPS) is 10.9. The summed E-state index contributed by atoms with van der Waals surface area (Å²) in [6, 6.07) is 8.37. The van der Waals surface area contributed by atoms with Crippen LogP contribution in [-0.2, 0) is 0 Å². The zero-order valence-electron chi connectivity index (χ0n) is 9.90. The molecule has 0 fully saturated rings. The molecule has 0 saturated heterocycles. The smallest absolute Gasteiger partial charge is 0.283 e. The summed E-state index contributed by atoms with van der Waals surface area (Å²) < 4.78 is 35.3. The number of aromatic nitrogens is 1. The first kappa shape index (κ1) is 12.5. The van der Waals surface area contributed by atoms with Gasteiger partial charge >= 0.3 is 0 Å². The molecule has 0 aliphatic heterocycles. The summed E-state index contributed by atoms with van der Waals surface area (Å²) in [4.78, 5) is 0. The van der Waals surface area contributed by atoms with Crippen LogP contribution in [-0.4, -0.2) is 11.8 Å². The Hall–Kier alpha value is -1.91. The molecule has 3 nitrogen and oxygen atoms in total. The fourth-order valence-corrected chi connectivity index (χ4v) is 1.53. The van der Waals surface area contributed by atoms with Gasteiger partial charge in [-0.2, -0.15) is 0 Å². The van der Waals surface area contributed by atoms with E-state index in [2.05, 4.69) is 5.16 Å². The van der Waals surface area contributed by atoms with Gasteiger partial charge in [-0.15, -0.1) is 0 Å². The molecule has 0 spiro atoms. The minimum absolute atomic E-state index is 0.289. The summed E-state index contributed by atoms with van der Waals surface area (Å²) in [6.45, 7) is 2.55. The maximum atomic E-state index is 12.4. The SMILES string of the molecule is CCCOc1ccccc1-c1cc(C(F)F)no1. The van der Waals surface area contributed by atoms with Crippen molar-refractivity contribution in [3.8, 4) is 17.1 Å². The zero-order chi connectivity index (χ0) is 13.0.